The molecular formula is C13H11ClN4S. The Morgan fingerprint density at radius 3 is 3.21 bits per heavy atom. The minimum absolute atomic E-state index is 0.710. The Morgan fingerprint density at radius 1 is 1.37 bits per heavy atom. The highest BCUT2D eigenvalue weighted by atomic mass is 35.5. The van der Waals surface area contributed by atoms with E-state index in [2.05, 4.69) is 15.4 Å². The van der Waals surface area contributed by atoms with Crippen LogP contribution in [-0.2, 0) is 13.0 Å². The molecule has 3 heterocycles. The molecule has 0 fully saturated rings. The molecule has 2 aromatic heterocycles. The van der Waals surface area contributed by atoms with Crippen molar-refractivity contribution < 1.29 is 0 Å². The fourth-order valence-electron chi connectivity index (χ4n) is 2.37. The molecule has 1 aliphatic heterocycles. The molecule has 4 nitrogen and oxygen atoms in total. The lowest BCUT2D eigenvalue weighted by atomic mass is 10.2. The minimum atomic E-state index is 0.710. The maximum atomic E-state index is 6.01. The number of rotatable bonds is 1. The van der Waals surface area contributed by atoms with Crippen molar-refractivity contribution in [2.24, 2.45) is 0 Å². The summed E-state index contributed by atoms with van der Waals surface area (Å²) in [6.45, 7) is 1.93. The van der Waals surface area contributed by atoms with Crippen LogP contribution in [0.15, 0.2) is 24.3 Å². The van der Waals surface area contributed by atoms with E-state index < -0.39 is 0 Å². The van der Waals surface area contributed by atoms with Crippen LogP contribution < -0.4 is 5.32 Å². The number of halogens is 1. The van der Waals surface area contributed by atoms with Crippen LogP contribution in [0.3, 0.4) is 0 Å². The normalized spacial score (nSPS) is 14.8. The molecule has 1 aliphatic rings. The molecule has 96 valence electrons. The topological polar surface area (TPSA) is 42.2 Å². The Balaban J connectivity index is 1.86. The number of benzene rings is 1. The maximum absolute atomic E-state index is 6.01. The Bertz CT molecular complexity index is 761. The van der Waals surface area contributed by atoms with Crippen molar-refractivity contribution in [2.45, 2.75) is 13.0 Å². The lowest BCUT2D eigenvalue weighted by Crippen LogP contribution is -2.23. The number of nitrogens with one attached hydrogen (secondary N) is 1. The second-order valence-corrected chi connectivity index (χ2v) is 6.04. The van der Waals surface area contributed by atoms with Gasteiger partial charge in [-0.3, -0.25) is 0 Å². The van der Waals surface area contributed by atoms with Gasteiger partial charge in [-0.15, -0.1) is 5.10 Å². The number of aromatic nitrogens is 3. The second-order valence-electron chi connectivity index (χ2n) is 4.54. The third kappa shape index (κ3) is 1.85. The zero-order chi connectivity index (χ0) is 12.8. The Labute approximate surface area is 119 Å². The highest BCUT2D eigenvalue weighted by molar-refractivity contribution is 7.17. The molecule has 0 bridgehead atoms. The summed E-state index contributed by atoms with van der Waals surface area (Å²) in [6, 6.07) is 7.66. The predicted octanol–water partition coefficient (Wildman–Crippen LogP) is 2.76. The summed E-state index contributed by atoms with van der Waals surface area (Å²) in [5.41, 5.74) is 2.26. The summed E-state index contributed by atoms with van der Waals surface area (Å²) < 4.78 is 1.98. The first kappa shape index (κ1) is 11.4. The van der Waals surface area contributed by atoms with Gasteiger partial charge in [0.25, 0.3) is 0 Å². The monoisotopic (exact) mass is 290 g/mol. The standard InChI is InChI=1S/C13H11ClN4S/c14-9-3-1-2-8(6-9)12-16-13-18(17-12)10-4-5-15-7-11(10)19-13/h1-3,6,15H,4-5,7H2. The molecule has 0 atom stereocenters. The molecule has 0 saturated heterocycles. The maximum Gasteiger partial charge on any atom is 0.213 e. The lowest BCUT2D eigenvalue weighted by Gasteiger charge is -2.11. The van der Waals surface area contributed by atoms with E-state index in [1.807, 2.05) is 28.8 Å². The Morgan fingerprint density at radius 2 is 2.32 bits per heavy atom. The van der Waals surface area contributed by atoms with Gasteiger partial charge in [0.1, 0.15) is 0 Å². The average molecular weight is 291 g/mol. The first-order valence-electron chi connectivity index (χ1n) is 6.15. The van der Waals surface area contributed by atoms with Crippen molar-refractivity contribution >= 4 is 27.9 Å². The minimum Gasteiger partial charge on any atom is -0.311 e. The summed E-state index contributed by atoms with van der Waals surface area (Å²) in [5.74, 6) is 0.745. The van der Waals surface area contributed by atoms with E-state index in [0.29, 0.717) is 5.02 Å². The van der Waals surface area contributed by atoms with E-state index in [1.54, 1.807) is 11.3 Å². The van der Waals surface area contributed by atoms with Crippen molar-refractivity contribution in [3.05, 3.63) is 39.9 Å². The zero-order valence-electron chi connectivity index (χ0n) is 10.1. The zero-order valence-corrected chi connectivity index (χ0v) is 11.6. The molecule has 0 radical (unpaired) electrons. The molecule has 19 heavy (non-hydrogen) atoms. The summed E-state index contributed by atoms with van der Waals surface area (Å²) in [4.78, 5) is 6.92. The quantitative estimate of drug-likeness (QED) is 0.749. The SMILES string of the molecule is Clc1cccc(-c2nc3sc4c(n3n2)CCNC4)c1. The van der Waals surface area contributed by atoms with Gasteiger partial charge in [-0.05, 0) is 12.1 Å². The van der Waals surface area contributed by atoms with Crippen LogP contribution >= 0.6 is 22.9 Å². The number of thiazole rings is 1. The van der Waals surface area contributed by atoms with Gasteiger partial charge in [0.15, 0.2) is 5.82 Å². The van der Waals surface area contributed by atoms with Crippen molar-refractivity contribution in [3.63, 3.8) is 0 Å². The molecule has 0 saturated carbocycles. The highest BCUT2D eigenvalue weighted by Gasteiger charge is 2.19. The van der Waals surface area contributed by atoms with Gasteiger partial charge < -0.3 is 5.32 Å². The molecule has 1 N–H and O–H groups in total. The number of hydrogen-bond acceptors (Lipinski definition) is 4. The largest absolute Gasteiger partial charge is 0.311 e. The first-order chi connectivity index (χ1) is 9.31. The third-order valence-corrected chi connectivity index (χ3v) is 4.58. The third-order valence-electron chi connectivity index (χ3n) is 3.28. The fraction of sp³-hybridized carbons (Fsp3) is 0.231. The van der Waals surface area contributed by atoms with Gasteiger partial charge in [-0.25, -0.2) is 4.52 Å². The van der Waals surface area contributed by atoms with Crippen molar-refractivity contribution in [1.82, 2.24) is 19.9 Å². The van der Waals surface area contributed by atoms with Crippen LogP contribution in [0.4, 0.5) is 0 Å². The fourth-order valence-corrected chi connectivity index (χ4v) is 3.63. The molecule has 1 aromatic carbocycles. The van der Waals surface area contributed by atoms with Crippen LogP contribution in [0.5, 0.6) is 0 Å². The smallest absolute Gasteiger partial charge is 0.213 e. The van der Waals surface area contributed by atoms with Crippen molar-refractivity contribution in [2.75, 3.05) is 6.54 Å². The number of hydrogen-bond donors (Lipinski definition) is 1. The van der Waals surface area contributed by atoms with Gasteiger partial charge in [-0.1, -0.05) is 35.1 Å². The van der Waals surface area contributed by atoms with E-state index >= 15 is 0 Å². The van der Waals surface area contributed by atoms with Gasteiger partial charge in [-0.2, -0.15) is 4.98 Å². The van der Waals surface area contributed by atoms with Crippen LogP contribution in [0.1, 0.15) is 10.6 Å². The first-order valence-corrected chi connectivity index (χ1v) is 7.35. The van der Waals surface area contributed by atoms with Crippen LogP contribution in [0.2, 0.25) is 5.02 Å². The van der Waals surface area contributed by atoms with Gasteiger partial charge in [0.05, 0.1) is 5.69 Å². The van der Waals surface area contributed by atoms with Crippen LogP contribution in [-0.4, -0.2) is 21.1 Å². The van der Waals surface area contributed by atoms with E-state index in [9.17, 15) is 0 Å². The van der Waals surface area contributed by atoms with Crippen LogP contribution in [0.25, 0.3) is 16.3 Å². The molecule has 4 rings (SSSR count). The van der Waals surface area contributed by atoms with Crippen molar-refractivity contribution in [1.29, 1.82) is 0 Å². The van der Waals surface area contributed by atoms with Gasteiger partial charge in [0.2, 0.25) is 4.96 Å². The van der Waals surface area contributed by atoms with Gasteiger partial charge >= 0.3 is 0 Å². The van der Waals surface area contributed by atoms with E-state index in [4.69, 9.17) is 11.6 Å². The highest BCUT2D eigenvalue weighted by Crippen LogP contribution is 2.27. The van der Waals surface area contributed by atoms with E-state index in [0.717, 1.165) is 35.9 Å². The molecule has 3 aromatic rings. The average Bonchev–Trinajstić information content (AvgIpc) is 2.96. The molecule has 6 heteroatoms. The second kappa shape index (κ2) is 4.30. The molecule has 0 spiro atoms. The lowest BCUT2D eigenvalue weighted by molar-refractivity contribution is 0.629. The molecular weight excluding hydrogens is 280 g/mol. The molecule has 0 amide bonds. The predicted molar refractivity (Wildman–Crippen MR) is 76.7 cm³/mol. The van der Waals surface area contributed by atoms with E-state index in [-0.39, 0.29) is 0 Å². The molecule has 0 aliphatic carbocycles. The Kier molecular flexibility index (Phi) is 2.58. The summed E-state index contributed by atoms with van der Waals surface area (Å²) in [5, 5.41) is 8.71. The molecule has 0 unspecified atom stereocenters. The Hall–Kier alpha value is -1.43. The summed E-state index contributed by atoms with van der Waals surface area (Å²) >= 11 is 7.73. The van der Waals surface area contributed by atoms with E-state index in [1.165, 1.54) is 10.6 Å². The van der Waals surface area contributed by atoms with Crippen LogP contribution in [0, 0.1) is 0 Å². The summed E-state index contributed by atoms with van der Waals surface area (Å²) in [6.07, 6.45) is 1.01. The van der Waals surface area contributed by atoms with Crippen molar-refractivity contribution in [3.8, 4) is 11.4 Å². The number of nitrogens with zero attached hydrogens (tertiary/aromatic N) is 3. The van der Waals surface area contributed by atoms with Gasteiger partial charge in [0, 0.05) is 35.0 Å². The number of fused-ring (bicyclic) bond motifs is 3. The summed E-state index contributed by atoms with van der Waals surface area (Å²) in [7, 11) is 0.